The lowest BCUT2D eigenvalue weighted by Crippen LogP contribution is -2.27. The van der Waals surface area contributed by atoms with Crippen molar-refractivity contribution in [2.24, 2.45) is 0 Å². The molecule has 0 radical (unpaired) electrons. The van der Waals surface area contributed by atoms with Gasteiger partial charge < -0.3 is 10.4 Å². The SMILES string of the molecule is O=C(C[C@H](c1cccc(O)c1)c1ccccc1Cl)NC1CC1. The minimum atomic E-state index is -0.167. The van der Waals surface area contributed by atoms with Crippen LogP contribution in [0.15, 0.2) is 48.5 Å². The second-order valence-electron chi connectivity index (χ2n) is 5.71. The molecule has 0 heterocycles. The summed E-state index contributed by atoms with van der Waals surface area (Å²) in [5.41, 5.74) is 1.79. The van der Waals surface area contributed by atoms with E-state index < -0.39 is 0 Å². The lowest BCUT2D eigenvalue weighted by Gasteiger charge is -2.19. The summed E-state index contributed by atoms with van der Waals surface area (Å²) in [7, 11) is 0. The Hall–Kier alpha value is -2.00. The molecule has 1 saturated carbocycles. The molecule has 2 aromatic rings. The number of benzene rings is 2. The van der Waals surface area contributed by atoms with Crippen LogP contribution >= 0.6 is 11.6 Å². The highest BCUT2D eigenvalue weighted by Crippen LogP contribution is 2.34. The van der Waals surface area contributed by atoms with Gasteiger partial charge in [0, 0.05) is 23.4 Å². The number of amides is 1. The Morgan fingerprint density at radius 3 is 2.68 bits per heavy atom. The van der Waals surface area contributed by atoms with Gasteiger partial charge in [-0.2, -0.15) is 0 Å². The maximum Gasteiger partial charge on any atom is 0.221 e. The van der Waals surface area contributed by atoms with E-state index in [-0.39, 0.29) is 17.6 Å². The van der Waals surface area contributed by atoms with Crippen molar-refractivity contribution in [2.45, 2.75) is 31.2 Å². The summed E-state index contributed by atoms with van der Waals surface area (Å²) < 4.78 is 0. The maximum absolute atomic E-state index is 12.2. The van der Waals surface area contributed by atoms with E-state index in [0.717, 1.165) is 24.0 Å². The van der Waals surface area contributed by atoms with Crippen LogP contribution in [0, 0.1) is 0 Å². The molecule has 4 heteroatoms. The smallest absolute Gasteiger partial charge is 0.221 e. The highest BCUT2D eigenvalue weighted by molar-refractivity contribution is 6.31. The summed E-state index contributed by atoms with van der Waals surface area (Å²) in [5, 5.41) is 13.4. The van der Waals surface area contributed by atoms with Crippen molar-refractivity contribution in [3.05, 3.63) is 64.7 Å². The van der Waals surface area contributed by atoms with Crippen molar-refractivity contribution < 1.29 is 9.90 Å². The van der Waals surface area contributed by atoms with Crippen molar-refractivity contribution in [3.8, 4) is 5.75 Å². The van der Waals surface area contributed by atoms with E-state index in [2.05, 4.69) is 5.32 Å². The third kappa shape index (κ3) is 3.60. The lowest BCUT2D eigenvalue weighted by molar-refractivity contribution is -0.121. The summed E-state index contributed by atoms with van der Waals surface area (Å²) in [6, 6.07) is 14.9. The van der Waals surface area contributed by atoms with Crippen LogP contribution in [-0.4, -0.2) is 17.1 Å². The first kappa shape index (κ1) is 14.9. The quantitative estimate of drug-likeness (QED) is 0.880. The van der Waals surface area contributed by atoms with E-state index in [1.165, 1.54) is 0 Å². The monoisotopic (exact) mass is 315 g/mol. The van der Waals surface area contributed by atoms with Crippen molar-refractivity contribution >= 4 is 17.5 Å². The Labute approximate surface area is 134 Å². The van der Waals surface area contributed by atoms with Gasteiger partial charge in [-0.1, -0.05) is 41.9 Å². The molecule has 1 aliphatic rings. The molecule has 2 N–H and O–H groups in total. The van der Waals surface area contributed by atoms with Gasteiger partial charge in [0.1, 0.15) is 5.75 Å². The first-order chi connectivity index (χ1) is 10.6. The normalized spacial score (nSPS) is 15.3. The molecule has 1 fully saturated rings. The number of phenolic OH excluding ortho intramolecular Hbond substituents is 1. The molecule has 22 heavy (non-hydrogen) atoms. The van der Waals surface area contributed by atoms with Gasteiger partial charge in [0.2, 0.25) is 5.91 Å². The lowest BCUT2D eigenvalue weighted by atomic mass is 9.88. The van der Waals surface area contributed by atoms with E-state index >= 15 is 0 Å². The van der Waals surface area contributed by atoms with Gasteiger partial charge in [0.05, 0.1) is 0 Å². The van der Waals surface area contributed by atoms with Crippen LogP contribution < -0.4 is 5.32 Å². The molecule has 2 aromatic carbocycles. The molecular formula is C18H18ClNO2. The van der Waals surface area contributed by atoms with E-state index in [9.17, 15) is 9.90 Å². The topological polar surface area (TPSA) is 49.3 Å². The van der Waals surface area contributed by atoms with E-state index in [1.54, 1.807) is 18.2 Å². The molecule has 0 unspecified atom stereocenters. The molecule has 1 amide bonds. The van der Waals surface area contributed by atoms with Crippen LogP contribution in [0.2, 0.25) is 5.02 Å². The molecule has 114 valence electrons. The average molecular weight is 316 g/mol. The third-order valence-corrected chi connectivity index (χ3v) is 4.23. The Bertz CT molecular complexity index is 682. The van der Waals surface area contributed by atoms with E-state index in [4.69, 9.17) is 11.6 Å². The molecule has 3 rings (SSSR count). The van der Waals surface area contributed by atoms with Crippen LogP contribution in [0.1, 0.15) is 36.3 Å². The largest absolute Gasteiger partial charge is 0.508 e. The van der Waals surface area contributed by atoms with E-state index in [1.807, 2.05) is 30.3 Å². The van der Waals surface area contributed by atoms with Crippen molar-refractivity contribution in [1.29, 1.82) is 0 Å². The van der Waals surface area contributed by atoms with Gasteiger partial charge in [-0.25, -0.2) is 0 Å². The minimum Gasteiger partial charge on any atom is -0.508 e. The molecule has 0 saturated heterocycles. The first-order valence-corrected chi connectivity index (χ1v) is 7.84. The summed E-state index contributed by atoms with van der Waals surface area (Å²) in [4.78, 5) is 12.2. The van der Waals surface area contributed by atoms with Gasteiger partial charge >= 0.3 is 0 Å². The number of carbonyl (C=O) groups excluding carboxylic acids is 1. The number of carbonyl (C=O) groups is 1. The van der Waals surface area contributed by atoms with Crippen LogP contribution in [0.25, 0.3) is 0 Å². The number of rotatable bonds is 5. The standard InChI is InChI=1S/C18H18ClNO2/c19-17-7-2-1-6-15(17)16(11-18(22)20-13-8-9-13)12-4-3-5-14(21)10-12/h1-7,10,13,16,21H,8-9,11H2,(H,20,22)/t16-/m1/s1. The molecule has 3 nitrogen and oxygen atoms in total. The molecule has 0 aromatic heterocycles. The van der Waals surface area contributed by atoms with E-state index in [0.29, 0.717) is 17.5 Å². The molecule has 0 bridgehead atoms. The zero-order valence-corrected chi connectivity index (χ0v) is 12.9. The Morgan fingerprint density at radius 1 is 1.23 bits per heavy atom. The molecule has 0 aliphatic heterocycles. The average Bonchev–Trinajstić information content (AvgIpc) is 3.29. The number of hydrogen-bond acceptors (Lipinski definition) is 2. The van der Waals surface area contributed by atoms with Gasteiger partial charge in [0.25, 0.3) is 0 Å². The Morgan fingerprint density at radius 2 is 2.00 bits per heavy atom. The van der Waals surface area contributed by atoms with Crippen LogP contribution in [0.3, 0.4) is 0 Å². The second-order valence-corrected chi connectivity index (χ2v) is 6.12. The van der Waals surface area contributed by atoms with Gasteiger partial charge in [0.15, 0.2) is 0 Å². The molecule has 0 spiro atoms. The number of hydrogen-bond donors (Lipinski definition) is 2. The first-order valence-electron chi connectivity index (χ1n) is 7.46. The zero-order valence-electron chi connectivity index (χ0n) is 12.1. The predicted molar refractivity (Wildman–Crippen MR) is 87.2 cm³/mol. The highest BCUT2D eigenvalue weighted by atomic mass is 35.5. The van der Waals surface area contributed by atoms with Gasteiger partial charge in [-0.05, 0) is 42.2 Å². The summed E-state index contributed by atoms with van der Waals surface area (Å²) in [6.45, 7) is 0. The Balaban J connectivity index is 1.90. The zero-order chi connectivity index (χ0) is 15.5. The third-order valence-electron chi connectivity index (χ3n) is 3.89. The van der Waals surface area contributed by atoms with Gasteiger partial charge in [-0.15, -0.1) is 0 Å². The molecular weight excluding hydrogens is 298 g/mol. The van der Waals surface area contributed by atoms with Crippen LogP contribution in [-0.2, 0) is 4.79 Å². The fourth-order valence-corrected chi connectivity index (χ4v) is 2.87. The highest BCUT2D eigenvalue weighted by Gasteiger charge is 2.26. The van der Waals surface area contributed by atoms with Crippen molar-refractivity contribution in [2.75, 3.05) is 0 Å². The fraction of sp³-hybridized carbons (Fsp3) is 0.278. The minimum absolute atomic E-state index is 0.0239. The van der Waals surface area contributed by atoms with Gasteiger partial charge in [-0.3, -0.25) is 4.79 Å². The summed E-state index contributed by atoms with van der Waals surface area (Å²) >= 11 is 6.32. The molecule has 1 atom stereocenters. The second kappa shape index (κ2) is 6.41. The number of phenols is 1. The predicted octanol–water partition coefficient (Wildman–Crippen LogP) is 3.85. The van der Waals surface area contributed by atoms with Crippen molar-refractivity contribution in [3.63, 3.8) is 0 Å². The summed E-state index contributed by atoms with van der Waals surface area (Å²) in [5.74, 6) is 0.0486. The number of nitrogens with one attached hydrogen (secondary N) is 1. The summed E-state index contributed by atoms with van der Waals surface area (Å²) in [6.07, 6.45) is 2.45. The Kier molecular flexibility index (Phi) is 4.34. The van der Waals surface area contributed by atoms with Crippen LogP contribution in [0.5, 0.6) is 5.75 Å². The van der Waals surface area contributed by atoms with Crippen molar-refractivity contribution in [1.82, 2.24) is 5.32 Å². The number of halogens is 1. The van der Waals surface area contributed by atoms with Crippen LogP contribution in [0.4, 0.5) is 0 Å². The number of aromatic hydroxyl groups is 1. The fourth-order valence-electron chi connectivity index (χ4n) is 2.61. The molecule has 1 aliphatic carbocycles. The maximum atomic E-state index is 12.2.